The molecule has 2 heterocycles. The number of ether oxygens (including phenoxy) is 2. The molecule has 1 aromatic heterocycles. The molecule has 3 rings (SSSR count). The van der Waals surface area contributed by atoms with E-state index in [1.165, 1.54) is 16.4 Å². The summed E-state index contributed by atoms with van der Waals surface area (Å²) in [6.07, 6.45) is 4.91. The molecule has 0 unspecified atom stereocenters. The molecule has 0 N–H and O–H groups in total. The van der Waals surface area contributed by atoms with Gasteiger partial charge in [0.1, 0.15) is 0 Å². The second-order valence-electron chi connectivity index (χ2n) is 6.59. The van der Waals surface area contributed by atoms with Crippen molar-refractivity contribution in [2.75, 3.05) is 32.9 Å². The van der Waals surface area contributed by atoms with E-state index in [0.717, 1.165) is 12.0 Å². The van der Waals surface area contributed by atoms with Crippen LogP contribution in [-0.4, -0.2) is 56.6 Å². The van der Waals surface area contributed by atoms with Crippen molar-refractivity contribution in [3.05, 3.63) is 59.4 Å². The minimum Gasteiger partial charge on any atom is -0.462 e. The van der Waals surface area contributed by atoms with E-state index in [2.05, 4.69) is 4.98 Å². The highest BCUT2D eigenvalue weighted by Gasteiger charge is 2.27. The number of aromatic nitrogens is 1. The highest BCUT2D eigenvalue weighted by molar-refractivity contribution is 7.89. The predicted molar refractivity (Wildman–Crippen MR) is 104 cm³/mol. The molecule has 0 atom stereocenters. The summed E-state index contributed by atoms with van der Waals surface area (Å²) in [5, 5.41) is 0. The molecule has 2 aromatic rings. The zero-order valence-electron chi connectivity index (χ0n) is 15.8. The van der Waals surface area contributed by atoms with Crippen LogP contribution in [0.2, 0.25) is 0 Å². The zero-order chi connectivity index (χ0) is 20.0. The number of rotatable bonds is 7. The van der Waals surface area contributed by atoms with Crippen molar-refractivity contribution < 1.29 is 22.7 Å². The number of aryl methyl sites for hydroxylation is 2. The molecule has 8 heteroatoms. The third-order valence-electron chi connectivity index (χ3n) is 4.63. The Labute approximate surface area is 165 Å². The Hall–Kier alpha value is -2.29. The van der Waals surface area contributed by atoms with Crippen molar-refractivity contribution in [2.24, 2.45) is 0 Å². The van der Waals surface area contributed by atoms with Gasteiger partial charge >= 0.3 is 5.97 Å². The Bertz CT molecular complexity index is 909. The first-order valence-corrected chi connectivity index (χ1v) is 10.7. The van der Waals surface area contributed by atoms with Gasteiger partial charge in [0.25, 0.3) is 0 Å². The number of nitrogens with zero attached hydrogens (tertiary/aromatic N) is 2. The number of hydrogen-bond acceptors (Lipinski definition) is 6. The molecule has 1 aliphatic rings. The van der Waals surface area contributed by atoms with Crippen LogP contribution < -0.4 is 0 Å². The third-order valence-corrected chi connectivity index (χ3v) is 6.52. The number of morpholine rings is 1. The SMILES string of the molecule is Cc1ccc(S(=O)(=O)N2CCOCC2)cc1C(=O)OCCCc1ccncc1. The Morgan fingerprint density at radius 2 is 1.89 bits per heavy atom. The van der Waals surface area contributed by atoms with Crippen LogP contribution in [-0.2, 0) is 25.9 Å². The standard InChI is InChI=1S/C20H24N2O5S/c1-16-4-5-18(28(24,25)22-10-13-26-14-11-22)15-19(16)20(23)27-12-2-3-17-6-8-21-9-7-17/h4-9,15H,2-3,10-14H2,1H3. The van der Waals surface area contributed by atoms with Crippen LogP contribution in [0.25, 0.3) is 0 Å². The Morgan fingerprint density at radius 1 is 1.18 bits per heavy atom. The number of esters is 1. The molecule has 150 valence electrons. The van der Waals surface area contributed by atoms with Crippen LogP contribution in [0.4, 0.5) is 0 Å². The minimum atomic E-state index is -3.66. The lowest BCUT2D eigenvalue weighted by molar-refractivity contribution is 0.0499. The maximum atomic E-state index is 12.8. The molecule has 0 saturated carbocycles. The van der Waals surface area contributed by atoms with Gasteiger partial charge < -0.3 is 9.47 Å². The van der Waals surface area contributed by atoms with Gasteiger partial charge in [-0.25, -0.2) is 13.2 Å². The molecule has 1 aromatic carbocycles. The topological polar surface area (TPSA) is 85.8 Å². The average molecular weight is 404 g/mol. The summed E-state index contributed by atoms with van der Waals surface area (Å²) in [5.41, 5.74) is 2.08. The molecule has 1 aliphatic heterocycles. The van der Waals surface area contributed by atoms with E-state index in [1.54, 1.807) is 25.4 Å². The number of sulfonamides is 1. The molecule has 0 amide bonds. The fourth-order valence-corrected chi connectivity index (χ4v) is 4.42. The summed E-state index contributed by atoms with van der Waals surface area (Å²) in [7, 11) is -3.66. The summed E-state index contributed by atoms with van der Waals surface area (Å²) in [6, 6.07) is 8.42. The molecular formula is C20H24N2O5S. The molecule has 1 saturated heterocycles. The highest BCUT2D eigenvalue weighted by atomic mass is 32.2. The highest BCUT2D eigenvalue weighted by Crippen LogP contribution is 2.21. The van der Waals surface area contributed by atoms with Gasteiger partial charge in [-0.1, -0.05) is 6.07 Å². The van der Waals surface area contributed by atoms with Gasteiger partial charge in [0.2, 0.25) is 10.0 Å². The molecule has 28 heavy (non-hydrogen) atoms. The molecule has 0 spiro atoms. The fourth-order valence-electron chi connectivity index (χ4n) is 2.99. The van der Waals surface area contributed by atoms with Crippen molar-refractivity contribution in [1.29, 1.82) is 0 Å². The quantitative estimate of drug-likeness (QED) is 0.519. The number of carbonyl (C=O) groups is 1. The van der Waals surface area contributed by atoms with Crippen LogP contribution >= 0.6 is 0 Å². The smallest absolute Gasteiger partial charge is 0.338 e. The number of benzene rings is 1. The summed E-state index contributed by atoms with van der Waals surface area (Å²) in [4.78, 5) is 16.5. The molecule has 7 nitrogen and oxygen atoms in total. The molecular weight excluding hydrogens is 380 g/mol. The summed E-state index contributed by atoms with van der Waals surface area (Å²) < 4.78 is 37.6. The van der Waals surface area contributed by atoms with E-state index in [0.29, 0.717) is 38.3 Å². The molecule has 0 bridgehead atoms. The van der Waals surface area contributed by atoms with Crippen molar-refractivity contribution in [3.63, 3.8) is 0 Å². The Morgan fingerprint density at radius 3 is 2.61 bits per heavy atom. The second-order valence-corrected chi connectivity index (χ2v) is 8.53. The maximum Gasteiger partial charge on any atom is 0.338 e. The van der Waals surface area contributed by atoms with Crippen LogP contribution in [0, 0.1) is 6.92 Å². The Kier molecular flexibility index (Phi) is 6.77. The van der Waals surface area contributed by atoms with E-state index in [1.807, 2.05) is 12.1 Å². The summed E-state index contributed by atoms with van der Waals surface area (Å²) in [5.74, 6) is -0.508. The fraction of sp³-hybridized carbons (Fsp3) is 0.400. The lowest BCUT2D eigenvalue weighted by Crippen LogP contribution is -2.40. The lowest BCUT2D eigenvalue weighted by atomic mass is 10.1. The van der Waals surface area contributed by atoms with Crippen LogP contribution in [0.15, 0.2) is 47.6 Å². The first-order chi connectivity index (χ1) is 13.5. The van der Waals surface area contributed by atoms with Crippen molar-refractivity contribution >= 4 is 16.0 Å². The largest absolute Gasteiger partial charge is 0.462 e. The van der Waals surface area contributed by atoms with Crippen molar-refractivity contribution in [1.82, 2.24) is 9.29 Å². The van der Waals surface area contributed by atoms with E-state index < -0.39 is 16.0 Å². The average Bonchev–Trinajstić information content (AvgIpc) is 2.72. The van der Waals surface area contributed by atoms with Crippen LogP contribution in [0.5, 0.6) is 0 Å². The maximum absolute atomic E-state index is 12.8. The van der Waals surface area contributed by atoms with Gasteiger partial charge in [-0.15, -0.1) is 0 Å². The molecule has 0 radical (unpaired) electrons. The summed E-state index contributed by atoms with van der Waals surface area (Å²) >= 11 is 0. The van der Waals surface area contributed by atoms with Crippen molar-refractivity contribution in [2.45, 2.75) is 24.7 Å². The van der Waals surface area contributed by atoms with Gasteiger partial charge in [0.05, 0.1) is 30.3 Å². The van der Waals surface area contributed by atoms with Gasteiger partial charge in [-0.3, -0.25) is 4.98 Å². The predicted octanol–water partition coefficient (Wildman–Crippen LogP) is 2.20. The number of hydrogen-bond donors (Lipinski definition) is 0. The van der Waals surface area contributed by atoms with Gasteiger partial charge in [-0.05, 0) is 55.2 Å². The number of carbonyl (C=O) groups excluding carboxylic acids is 1. The molecule has 1 fully saturated rings. The first kappa shape index (κ1) is 20.4. The monoisotopic (exact) mass is 404 g/mol. The minimum absolute atomic E-state index is 0.101. The van der Waals surface area contributed by atoms with Crippen molar-refractivity contribution in [3.8, 4) is 0 Å². The van der Waals surface area contributed by atoms with Crippen LogP contribution in [0.3, 0.4) is 0 Å². The second kappa shape index (κ2) is 9.27. The van der Waals surface area contributed by atoms with E-state index in [9.17, 15) is 13.2 Å². The first-order valence-electron chi connectivity index (χ1n) is 9.23. The Balaban J connectivity index is 1.64. The van der Waals surface area contributed by atoms with E-state index >= 15 is 0 Å². The zero-order valence-corrected chi connectivity index (χ0v) is 16.7. The molecule has 0 aliphatic carbocycles. The lowest BCUT2D eigenvalue weighted by Gasteiger charge is -2.26. The van der Waals surface area contributed by atoms with Gasteiger partial charge in [-0.2, -0.15) is 4.31 Å². The third kappa shape index (κ3) is 4.95. The summed E-state index contributed by atoms with van der Waals surface area (Å²) in [6.45, 7) is 3.39. The van der Waals surface area contributed by atoms with Crippen LogP contribution in [0.1, 0.15) is 27.9 Å². The van der Waals surface area contributed by atoms with Gasteiger partial charge in [0, 0.05) is 25.5 Å². The van der Waals surface area contributed by atoms with E-state index in [-0.39, 0.29) is 17.1 Å². The van der Waals surface area contributed by atoms with E-state index in [4.69, 9.17) is 9.47 Å². The van der Waals surface area contributed by atoms with Gasteiger partial charge in [0.15, 0.2) is 0 Å². The normalized spacial score (nSPS) is 15.3. The number of pyridine rings is 1.